The molecule has 26 heavy (non-hydrogen) atoms. The van der Waals surface area contributed by atoms with Gasteiger partial charge in [-0.2, -0.15) is 0 Å². The monoisotopic (exact) mass is 371 g/mol. The smallest absolute Gasteiger partial charge is 0.318 e. The molecular formula is C20H25N3O2S. The van der Waals surface area contributed by atoms with Gasteiger partial charge >= 0.3 is 6.03 Å². The molecule has 2 aromatic rings. The fraction of sp³-hybridized carbons (Fsp3) is 0.500. The molecule has 1 aromatic heterocycles. The predicted octanol–water partition coefficient (Wildman–Crippen LogP) is 3.56. The number of hydrogen-bond acceptors (Lipinski definition) is 4. The van der Waals surface area contributed by atoms with Gasteiger partial charge in [-0.3, -0.25) is 0 Å². The highest BCUT2D eigenvalue weighted by molar-refractivity contribution is 7.11. The number of amides is 2. The quantitative estimate of drug-likeness (QED) is 0.874. The Hall–Kier alpha value is -1.92. The number of thiazole rings is 1. The SMILES string of the molecule is Cc1cnc(C(NC(=O)N2CCOC(Cc3ccccc3)C2)C2CC2)s1. The van der Waals surface area contributed by atoms with E-state index in [0.717, 1.165) is 11.4 Å². The molecule has 4 rings (SSSR count). The lowest BCUT2D eigenvalue weighted by Crippen LogP contribution is -2.51. The molecular weight excluding hydrogens is 346 g/mol. The molecule has 0 bridgehead atoms. The maximum Gasteiger partial charge on any atom is 0.318 e. The Bertz CT molecular complexity index is 745. The van der Waals surface area contributed by atoms with Crippen LogP contribution in [-0.2, 0) is 11.2 Å². The molecule has 1 N–H and O–H groups in total. The number of benzene rings is 1. The highest BCUT2D eigenvalue weighted by atomic mass is 32.1. The van der Waals surface area contributed by atoms with Crippen molar-refractivity contribution in [3.8, 4) is 0 Å². The van der Waals surface area contributed by atoms with Crippen LogP contribution in [0.15, 0.2) is 36.5 Å². The van der Waals surface area contributed by atoms with Crippen LogP contribution in [0, 0.1) is 12.8 Å². The van der Waals surface area contributed by atoms with E-state index in [0.29, 0.717) is 25.6 Å². The summed E-state index contributed by atoms with van der Waals surface area (Å²) in [6, 6.07) is 10.4. The third-order valence-corrected chi connectivity index (χ3v) is 6.01. The fourth-order valence-corrected chi connectivity index (χ4v) is 4.37. The molecule has 138 valence electrons. The van der Waals surface area contributed by atoms with Gasteiger partial charge in [-0.1, -0.05) is 30.3 Å². The van der Waals surface area contributed by atoms with Gasteiger partial charge in [0.05, 0.1) is 18.8 Å². The van der Waals surface area contributed by atoms with Crippen LogP contribution in [0.3, 0.4) is 0 Å². The maximum atomic E-state index is 12.9. The van der Waals surface area contributed by atoms with Crippen LogP contribution >= 0.6 is 11.3 Å². The summed E-state index contributed by atoms with van der Waals surface area (Å²) in [5.74, 6) is 0.533. The fourth-order valence-electron chi connectivity index (χ4n) is 3.46. The molecule has 2 fully saturated rings. The van der Waals surface area contributed by atoms with Crippen LogP contribution in [0.25, 0.3) is 0 Å². The number of nitrogens with zero attached hydrogens (tertiary/aromatic N) is 2. The molecule has 1 aromatic carbocycles. The number of aryl methyl sites for hydroxylation is 1. The maximum absolute atomic E-state index is 12.9. The third kappa shape index (κ3) is 4.24. The standard InChI is InChI=1S/C20H25N3O2S/c1-14-12-21-19(26-14)18(16-7-8-16)22-20(24)23-9-10-25-17(13-23)11-15-5-3-2-4-6-15/h2-6,12,16-18H,7-11,13H2,1H3,(H,22,24). The van der Waals surface area contributed by atoms with E-state index in [1.165, 1.54) is 23.3 Å². The summed E-state index contributed by atoms with van der Waals surface area (Å²) in [6.07, 6.45) is 5.12. The number of hydrogen-bond donors (Lipinski definition) is 1. The lowest BCUT2D eigenvalue weighted by Gasteiger charge is -2.34. The van der Waals surface area contributed by atoms with Crippen LogP contribution < -0.4 is 5.32 Å². The second-order valence-electron chi connectivity index (χ2n) is 7.20. The lowest BCUT2D eigenvalue weighted by molar-refractivity contribution is -0.0137. The number of urea groups is 1. The van der Waals surface area contributed by atoms with Crippen molar-refractivity contribution in [1.82, 2.24) is 15.2 Å². The normalized spacial score (nSPS) is 21.4. The van der Waals surface area contributed by atoms with Crippen LogP contribution in [0.2, 0.25) is 0 Å². The van der Waals surface area contributed by atoms with Gasteiger partial charge in [0.25, 0.3) is 0 Å². The van der Waals surface area contributed by atoms with E-state index in [1.807, 2.05) is 29.3 Å². The number of aromatic nitrogens is 1. The molecule has 1 aliphatic heterocycles. The summed E-state index contributed by atoms with van der Waals surface area (Å²) < 4.78 is 5.88. The van der Waals surface area contributed by atoms with Gasteiger partial charge in [0, 0.05) is 30.6 Å². The third-order valence-electron chi connectivity index (χ3n) is 5.01. The van der Waals surface area contributed by atoms with Gasteiger partial charge in [0.15, 0.2) is 0 Å². The minimum atomic E-state index is 0.0103. The van der Waals surface area contributed by atoms with Crippen LogP contribution in [0.5, 0.6) is 0 Å². The Kier molecular flexibility index (Phi) is 5.22. The number of ether oxygens (including phenoxy) is 1. The Morgan fingerprint density at radius 1 is 1.38 bits per heavy atom. The number of morpholine rings is 1. The molecule has 2 atom stereocenters. The minimum Gasteiger partial charge on any atom is -0.374 e. The molecule has 1 saturated carbocycles. The first-order chi connectivity index (χ1) is 12.7. The van der Waals surface area contributed by atoms with Gasteiger partial charge < -0.3 is 15.0 Å². The Labute approximate surface area is 158 Å². The molecule has 2 amide bonds. The lowest BCUT2D eigenvalue weighted by atomic mass is 10.1. The summed E-state index contributed by atoms with van der Waals surface area (Å²) in [7, 11) is 0. The first-order valence-corrected chi connectivity index (χ1v) is 10.1. The van der Waals surface area contributed by atoms with Crippen molar-refractivity contribution in [3.63, 3.8) is 0 Å². The summed E-state index contributed by atoms with van der Waals surface area (Å²) in [5, 5.41) is 4.28. The average Bonchev–Trinajstić information content (AvgIpc) is 3.41. The Balaban J connectivity index is 1.37. The van der Waals surface area contributed by atoms with Crippen molar-refractivity contribution < 1.29 is 9.53 Å². The van der Waals surface area contributed by atoms with Crippen LogP contribution in [0.4, 0.5) is 4.79 Å². The number of carbonyl (C=O) groups is 1. The van der Waals surface area contributed by atoms with Crippen molar-refractivity contribution >= 4 is 17.4 Å². The summed E-state index contributed by atoms with van der Waals surface area (Å²) in [4.78, 5) is 20.4. The van der Waals surface area contributed by atoms with Crippen molar-refractivity contribution in [1.29, 1.82) is 0 Å². The summed E-state index contributed by atoms with van der Waals surface area (Å²) >= 11 is 1.69. The zero-order valence-corrected chi connectivity index (χ0v) is 15.9. The molecule has 0 spiro atoms. The van der Waals surface area contributed by atoms with E-state index in [-0.39, 0.29) is 18.2 Å². The van der Waals surface area contributed by atoms with E-state index in [9.17, 15) is 4.79 Å². The largest absolute Gasteiger partial charge is 0.374 e. The molecule has 2 aliphatic rings. The first kappa shape index (κ1) is 17.5. The highest BCUT2D eigenvalue weighted by Gasteiger charge is 2.36. The number of carbonyl (C=O) groups excluding carboxylic acids is 1. The van der Waals surface area contributed by atoms with Crippen molar-refractivity contribution in [3.05, 3.63) is 52.0 Å². The predicted molar refractivity (Wildman–Crippen MR) is 102 cm³/mol. The van der Waals surface area contributed by atoms with Gasteiger partial charge in [-0.15, -0.1) is 11.3 Å². The molecule has 6 heteroatoms. The van der Waals surface area contributed by atoms with Crippen molar-refractivity contribution in [2.75, 3.05) is 19.7 Å². The van der Waals surface area contributed by atoms with E-state index in [4.69, 9.17) is 4.74 Å². The van der Waals surface area contributed by atoms with Gasteiger partial charge in [0.1, 0.15) is 5.01 Å². The van der Waals surface area contributed by atoms with Crippen LogP contribution in [-0.4, -0.2) is 41.7 Å². The molecule has 0 radical (unpaired) electrons. The number of rotatable bonds is 5. The van der Waals surface area contributed by atoms with Crippen molar-refractivity contribution in [2.24, 2.45) is 5.92 Å². The molecule has 1 aliphatic carbocycles. The highest BCUT2D eigenvalue weighted by Crippen LogP contribution is 2.42. The zero-order valence-electron chi connectivity index (χ0n) is 15.1. The molecule has 5 nitrogen and oxygen atoms in total. The zero-order chi connectivity index (χ0) is 17.9. The second-order valence-corrected chi connectivity index (χ2v) is 8.47. The van der Waals surface area contributed by atoms with Crippen LogP contribution in [0.1, 0.15) is 34.3 Å². The minimum absolute atomic E-state index is 0.0103. The Morgan fingerprint density at radius 3 is 2.88 bits per heavy atom. The summed E-state index contributed by atoms with van der Waals surface area (Å²) in [5.41, 5.74) is 1.24. The topological polar surface area (TPSA) is 54.5 Å². The summed E-state index contributed by atoms with van der Waals surface area (Å²) in [6.45, 7) is 3.93. The Morgan fingerprint density at radius 2 is 2.19 bits per heavy atom. The second kappa shape index (κ2) is 7.76. The van der Waals surface area contributed by atoms with Gasteiger partial charge in [-0.25, -0.2) is 9.78 Å². The molecule has 2 heterocycles. The number of nitrogens with one attached hydrogen (secondary N) is 1. The molecule has 2 unspecified atom stereocenters. The van der Waals surface area contributed by atoms with E-state index < -0.39 is 0 Å². The van der Waals surface area contributed by atoms with Crippen molar-refractivity contribution in [2.45, 2.75) is 38.3 Å². The van der Waals surface area contributed by atoms with E-state index in [1.54, 1.807) is 11.3 Å². The molecule has 1 saturated heterocycles. The van der Waals surface area contributed by atoms with Gasteiger partial charge in [-0.05, 0) is 31.2 Å². The first-order valence-electron chi connectivity index (χ1n) is 9.32. The van der Waals surface area contributed by atoms with E-state index >= 15 is 0 Å². The average molecular weight is 372 g/mol. The van der Waals surface area contributed by atoms with Gasteiger partial charge in [0.2, 0.25) is 0 Å². The van der Waals surface area contributed by atoms with E-state index in [2.05, 4.69) is 29.4 Å².